The Bertz CT molecular complexity index is 508. The average Bonchev–Trinajstić information content (AvgIpc) is 2.68. The van der Waals surface area contributed by atoms with Crippen molar-refractivity contribution in [3.05, 3.63) is 12.4 Å². The van der Waals surface area contributed by atoms with Gasteiger partial charge in [-0.2, -0.15) is 9.82 Å². The lowest BCUT2D eigenvalue weighted by Gasteiger charge is -2.11. The molecule has 17 heavy (non-hydrogen) atoms. The predicted octanol–water partition coefficient (Wildman–Crippen LogP) is -1.38. The summed E-state index contributed by atoms with van der Waals surface area (Å²) in [6.45, 7) is 0. The van der Waals surface area contributed by atoms with Gasteiger partial charge < -0.3 is 10.2 Å². The molecule has 0 amide bonds. The maximum absolute atomic E-state index is 11.6. The van der Waals surface area contributed by atoms with Crippen LogP contribution in [0.15, 0.2) is 17.3 Å². The first-order valence-electron chi connectivity index (χ1n) is 4.28. The molecular weight excluding hydrogens is 254 g/mol. The molecular formula is C7H9N3O6S. The van der Waals surface area contributed by atoms with Crippen LogP contribution in [0, 0.1) is 0 Å². The number of aliphatic carboxylic acids is 2. The lowest BCUT2D eigenvalue weighted by Crippen LogP contribution is -2.42. The minimum atomic E-state index is -4.09. The predicted molar refractivity (Wildman–Crippen MR) is 52.6 cm³/mol. The van der Waals surface area contributed by atoms with E-state index in [0.29, 0.717) is 0 Å². The summed E-state index contributed by atoms with van der Waals surface area (Å²) >= 11 is 0. The fourth-order valence-electron chi connectivity index (χ4n) is 0.995. The molecule has 0 bridgehead atoms. The number of aromatic amines is 1. The lowest BCUT2D eigenvalue weighted by atomic mass is 10.2. The number of sulfonamides is 1. The Morgan fingerprint density at radius 3 is 2.53 bits per heavy atom. The van der Waals surface area contributed by atoms with Crippen LogP contribution in [0.4, 0.5) is 0 Å². The number of H-pyrrole nitrogens is 1. The van der Waals surface area contributed by atoms with E-state index in [1.54, 1.807) is 4.72 Å². The Kier molecular flexibility index (Phi) is 3.81. The van der Waals surface area contributed by atoms with Gasteiger partial charge in [-0.15, -0.1) is 0 Å². The number of carboxylic acids is 2. The average molecular weight is 263 g/mol. The highest BCUT2D eigenvalue weighted by Crippen LogP contribution is 2.07. The van der Waals surface area contributed by atoms with Gasteiger partial charge >= 0.3 is 11.9 Å². The third-order valence-electron chi connectivity index (χ3n) is 1.76. The van der Waals surface area contributed by atoms with Crippen LogP contribution in [0.5, 0.6) is 0 Å². The summed E-state index contributed by atoms with van der Waals surface area (Å²) in [4.78, 5) is 20.8. The van der Waals surface area contributed by atoms with Crippen molar-refractivity contribution in [3.63, 3.8) is 0 Å². The first-order valence-corrected chi connectivity index (χ1v) is 5.77. The van der Waals surface area contributed by atoms with Crippen LogP contribution in [0.25, 0.3) is 0 Å². The quantitative estimate of drug-likeness (QED) is 0.493. The zero-order valence-corrected chi connectivity index (χ0v) is 9.14. The van der Waals surface area contributed by atoms with Crippen LogP contribution in [0.1, 0.15) is 6.42 Å². The minimum absolute atomic E-state index is 0.269. The Morgan fingerprint density at radius 2 is 2.12 bits per heavy atom. The Balaban J connectivity index is 2.87. The molecule has 0 aliphatic carbocycles. The first-order chi connectivity index (χ1) is 7.83. The van der Waals surface area contributed by atoms with Crippen LogP contribution in [0.3, 0.4) is 0 Å². The second-order valence-electron chi connectivity index (χ2n) is 3.04. The highest BCUT2D eigenvalue weighted by molar-refractivity contribution is 7.89. The summed E-state index contributed by atoms with van der Waals surface area (Å²) < 4.78 is 24.9. The summed E-state index contributed by atoms with van der Waals surface area (Å²) in [6, 6.07) is -1.73. The van der Waals surface area contributed by atoms with Crippen molar-refractivity contribution < 1.29 is 28.2 Å². The summed E-state index contributed by atoms with van der Waals surface area (Å²) in [7, 11) is -4.09. The minimum Gasteiger partial charge on any atom is -0.481 e. The van der Waals surface area contributed by atoms with Crippen LogP contribution in [-0.4, -0.2) is 46.8 Å². The zero-order valence-electron chi connectivity index (χ0n) is 8.32. The normalized spacial score (nSPS) is 13.2. The lowest BCUT2D eigenvalue weighted by molar-refractivity contribution is -0.145. The van der Waals surface area contributed by atoms with Gasteiger partial charge in [0.25, 0.3) is 0 Å². The molecule has 94 valence electrons. The molecule has 10 heteroatoms. The number of rotatable bonds is 6. The molecule has 1 heterocycles. The Hall–Kier alpha value is -1.94. The molecule has 0 radical (unpaired) electrons. The molecule has 0 aliphatic heterocycles. The number of hydrogen-bond acceptors (Lipinski definition) is 5. The van der Waals surface area contributed by atoms with Crippen molar-refractivity contribution in [1.29, 1.82) is 0 Å². The molecule has 0 saturated heterocycles. The van der Waals surface area contributed by atoms with Crippen LogP contribution in [-0.2, 0) is 19.6 Å². The van der Waals surface area contributed by atoms with E-state index in [9.17, 15) is 18.0 Å². The van der Waals surface area contributed by atoms with Gasteiger partial charge in [-0.05, 0) is 0 Å². The van der Waals surface area contributed by atoms with E-state index in [0.717, 1.165) is 12.4 Å². The number of nitrogens with one attached hydrogen (secondary N) is 2. The molecule has 0 saturated carbocycles. The van der Waals surface area contributed by atoms with E-state index < -0.39 is 34.4 Å². The van der Waals surface area contributed by atoms with Gasteiger partial charge in [-0.25, -0.2) is 8.42 Å². The molecule has 1 unspecified atom stereocenters. The molecule has 0 fully saturated rings. The molecule has 1 aromatic rings. The molecule has 1 atom stereocenters. The first kappa shape index (κ1) is 13.1. The third-order valence-corrected chi connectivity index (χ3v) is 3.20. The second-order valence-corrected chi connectivity index (χ2v) is 4.76. The number of nitrogens with zero attached hydrogens (tertiary/aromatic N) is 1. The van der Waals surface area contributed by atoms with Crippen LogP contribution in [0.2, 0.25) is 0 Å². The Labute approximate surface area is 95.5 Å². The van der Waals surface area contributed by atoms with E-state index in [1.807, 2.05) is 0 Å². The van der Waals surface area contributed by atoms with Gasteiger partial charge in [-0.3, -0.25) is 14.7 Å². The molecule has 9 nitrogen and oxygen atoms in total. The molecule has 1 aromatic heterocycles. The van der Waals surface area contributed by atoms with E-state index in [4.69, 9.17) is 10.2 Å². The fourth-order valence-corrected chi connectivity index (χ4v) is 2.09. The number of hydrogen-bond donors (Lipinski definition) is 4. The summed E-state index contributed by atoms with van der Waals surface area (Å²) in [5, 5.41) is 22.8. The van der Waals surface area contributed by atoms with Crippen molar-refractivity contribution in [1.82, 2.24) is 14.9 Å². The van der Waals surface area contributed by atoms with E-state index in [2.05, 4.69) is 10.2 Å². The van der Waals surface area contributed by atoms with Crippen molar-refractivity contribution in [2.45, 2.75) is 17.4 Å². The Morgan fingerprint density at radius 1 is 1.47 bits per heavy atom. The summed E-state index contributed by atoms with van der Waals surface area (Å²) in [6.07, 6.45) is 1.16. The van der Waals surface area contributed by atoms with E-state index in [1.165, 1.54) is 0 Å². The largest absolute Gasteiger partial charge is 0.481 e. The monoisotopic (exact) mass is 263 g/mol. The summed E-state index contributed by atoms with van der Waals surface area (Å²) in [5.41, 5.74) is 0. The van der Waals surface area contributed by atoms with Crippen molar-refractivity contribution in [2.75, 3.05) is 0 Å². The molecule has 1 rings (SSSR count). The highest BCUT2D eigenvalue weighted by atomic mass is 32.2. The fraction of sp³-hybridized carbons (Fsp3) is 0.286. The van der Waals surface area contributed by atoms with Gasteiger partial charge in [0.2, 0.25) is 10.0 Å². The zero-order chi connectivity index (χ0) is 13.1. The number of carbonyl (C=O) groups is 2. The molecule has 0 aromatic carbocycles. The number of carboxylic acid groups (broad SMARTS) is 2. The van der Waals surface area contributed by atoms with Crippen LogP contribution < -0.4 is 4.72 Å². The van der Waals surface area contributed by atoms with E-state index >= 15 is 0 Å². The molecule has 0 aliphatic rings. The maximum Gasteiger partial charge on any atom is 0.322 e. The van der Waals surface area contributed by atoms with Gasteiger partial charge in [-0.1, -0.05) is 0 Å². The molecule has 0 spiro atoms. The van der Waals surface area contributed by atoms with Crippen molar-refractivity contribution in [2.24, 2.45) is 0 Å². The van der Waals surface area contributed by atoms with Gasteiger partial charge in [0.15, 0.2) is 0 Å². The van der Waals surface area contributed by atoms with Crippen molar-refractivity contribution >= 4 is 22.0 Å². The number of aromatic nitrogens is 2. The topological polar surface area (TPSA) is 149 Å². The summed E-state index contributed by atoms with van der Waals surface area (Å²) in [5.74, 6) is -2.99. The van der Waals surface area contributed by atoms with E-state index in [-0.39, 0.29) is 4.90 Å². The molecule has 4 N–H and O–H groups in total. The third kappa shape index (κ3) is 3.53. The standard InChI is InChI=1S/C7H9N3O6S/c11-6(12)1-5(7(13)14)10-17(15,16)4-2-8-9-3-4/h2-3,5,10H,1H2,(H,8,9)(H,11,12)(H,13,14). The highest BCUT2D eigenvalue weighted by Gasteiger charge is 2.27. The van der Waals surface area contributed by atoms with Gasteiger partial charge in [0.05, 0.1) is 12.6 Å². The van der Waals surface area contributed by atoms with Crippen molar-refractivity contribution in [3.8, 4) is 0 Å². The second kappa shape index (κ2) is 4.93. The smallest absolute Gasteiger partial charge is 0.322 e. The van der Waals surface area contributed by atoms with Gasteiger partial charge in [0.1, 0.15) is 10.9 Å². The SMILES string of the molecule is O=C(O)CC(NS(=O)(=O)c1cn[nH]c1)C(=O)O. The van der Waals surface area contributed by atoms with Crippen LogP contribution >= 0.6 is 0 Å². The maximum atomic E-state index is 11.6. The van der Waals surface area contributed by atoms with Gasteiger partial charge in [0, 0.05) is 6.20 Å².